The number of Topliss-reactive ketones (excluding diaryl/α,β-unsaturated/α-hetero) is 1. The first-order valence-corrected chi connectivity index (χ1v) is 5.62. The molecule has 0 atom stereocenters. The lowest BCUT2D eigenvalue weighted by Crippen LogP contribution is -2.42. The van der Waals surface area contributed by atoms with Gasteiger partial charge in [0.2, 0.25) is 0 Å². The quantitative estimate of drug-likeness (QED) is 0.654. The number of hydrogen-bond acceptors (Lipinski definition) is 3. The molecular formula is C7H16N2O3S. The first-order chi connectivity index (χ1) is 5.94. The second kappa shape index (κ2) is 5.31. The SMILES string of the molecule is CCN(CC)S(=O)(=O)NCC(C)=O. The van der Waals surface area contributed by atoms with E-state index < -0.39 is 10.2 Å². The first-order valence-electron chi connectivity index (χ1n) is 4.18. The topological polar surface area (TPSA) is 66.5 Å². The minimum Gasteiger partial charge on any atom is -0.299 e. The van der Waals surface area contributed by atoms with E-state index in [1.54, 1.807) is 13.8 Å². The van der Waals surface area contributed by atoms with Crippen LogP contribution in [0.2, 0.25) is 0 Å². The smallest absolute Gasteiger partial charge is 0.279 e. The molecule has 0 saturated heterocycles. The fraction of sp³-hybridized carbons (Fsp3) is 0.857. The Kier molecular flexibility index (Phi) is 5.12. The molecule has 0 rings (SSSR count). The lowest BCUT2D eigenvalue weighted by molar-refractivity contribution is -0.115. The number of carbonyl (C=O) groups is 1. The van der Waals surface area contributed by atoms with Gasteiger partial charge in [0.05, 0.1) is 6.54 Å². The summed E-state index contributed by atoms with van der Waals surface area (Å²) in [6.45, 7) is 5.50. The van der Waals surface area contributed by atoms with Crippen molar-refractivity contribution >= 4 is 16.0 Å². The van der Waals surface area contributed by atoms with Crippen molar-refractivity contribution in [3.8, 4) is 0 Å². The zero-order chi connectivity index (χ0) is 10.5. The molecule has 0 spiro atoms. The van der Waals surface area contributed by atoms with Crippen molar-refractivity contribution < 1.29 is 13.2 Å². The Hall–Kier alpha value is -0.460. The number of carbonyl (C=O) groups excluding carboxylic acids is 1. The Balaban J connectivity index is 4.30. The van der Waals surface area contributed by atoms with Crippen molar-refractivity contribution in [2.24, 2.45) is 0 Å². The normalized spacial score (nSPS) is 12.0. The van der Waals surface area contributed by atoms with Gasteiger partial charge in [-0.2, -0.15) is 17.4 Å². The Bertz CT molecular complexity index is 257. The molecule has 0 radical (unpaired) electrons. The zero-order valence-corrected chi connectivity index (χ0v) is 9.02. The molecule has 0 aliphatic rings. The summed E-state index contributed by atoms with van der Waals surface area (Å²) in [7, 11) is -3.46. The van der Waals surface area contributed by atoms with Crippen LogP contribution in [-0.2, 0) is 15.0 Å². The van der Waals surface area contributed by atoms with Gasteiger partial charge < -0.3 is 0 Å². The van der Waals surface area contributed by atoms with Gasteiger partial charge in [0.1, 0.15) is 5.78 Å². The van der Waals surface area contributed by atoms with Crippen molar-refractivity contribution in [3.63, 3.8) is 0 Å². The fourth-order valence-corrected chi connectivity index (χ4v) is 2.10. The maximum Gasteiger partial charge on any atom is 0.279 e. The van der Waals surface area contributed by atoms with Gasteiger partial charge in [-0.25, -0.2) is 0 Å². The molecule has 0 bridgehead atoms. The lowest BCUT2D eigenvalue weighted by Gasteiger charge is -2.17. The van der Waals surface area contributed by atoms with Crippen LogP contribution in [0.25, 0.3) is 0 Å². The molecule has 0 aromatic rings. The van der Waals surface area contributed by atoms with Crippen LogP contribution in [0.3, 0.4) is 0 Å². The van der Waals surface area contributed by atoms with E-state index in [9.17, 15) is 13.2 Å². The van der Waals surface area contributed by atoms with Gasteiger partial charge in [-0.3, -0.25) is 4.79 Å². The third kappa shape index (κ3) is 4.35. The highest BCUT2D eigenvalue weighted by molar-refractivity contribution is 7.87. The Morgan fingerprint density at radius 2 is 1.77 bits per heavy atom. The van der Waals surface area contributed by atoms with E-state index in [1.165, 1.54) is 11.2 Å². The van der Waals surface area contributed by atoms with Gasteiger partial charge in [0, 0.05) is 13.1 Å². The van der Waals surface area contributed by atoms with Gasteiger partial charge in [-0.1, -0.05) is 13.8 Å². The second-order valence-corrected chi connectivity index (χ2v) is 4.37. The van der Waals surface area contributed by atoms with Crippen LogP contribution >= 0.6 is 0 Å². The molecule has 0 amide bonds. The fourth-order valence-electron chi connectivity index (χ4n) is 0.848. The van der Waals surface area contributed by atoms with E-state index in [0.717, 1.165) is 0 Å². The highest BCUT2D eigenvalue weighted by Gasteiger charge is 2.17. The summed E-state index contributed by atoms with van der Waals surface area (Å²) in [4.78, 5) is 10.5. The van der Waals surface area contributed by atoms with Crippen LogP contribution < -0.4 is 4.72 Å². The predicted molar refractivity (Wildman–Crippen MR) is 50.5 cm³/mol. The van der Waals surface area contributed by atoms with Crippen LogP contribution in [0.1, 0.15) is 20.8 Å². The predicted octanol–water partition coefficient (Wildman–Crippen LogP) is -0.248. The van der Waals surface area contributed by atoms with Crippen LogP contribution in [0, 0.1) is 0 Å². The third-order valence-electron chi connectivity index (χ3n) is 1.55. The van der Waals surface area contributed by atoms with Crippen molar-refractivity contribution in [2.45, 2.75) is 20.8 Å². The molecule has 1 N–H and O–H groups in total. The van der Waals surface area contributed by atoms with E-state index in [2.05, 4.69) is 4.72 Å². The molecule has 6 heteroatoms. The summed E-state index contributed by atoms with van der Waals surface area (Å²) < 4.78 is 26.2. The Morgan fingerprint density at radius 3 is 2.08 bits per heavy atom. The van der Waals surface area contributed by atoms with Crippen LogP contribution in [-0.4, -0.2) is 38.1 Å². The second-order valence-electron chi connectivity index (χ2n) is 2.61. The van der Waals surface area contributed by atoms with Gasteiger partial charge >= 0.3 is 0 Å². The number of ketones is 1. The summed E-state index contributed by atoms with van der Waals surface area (Å²) in [5.41, 5.74) is 0. The van der Waals surface area contributed by atoms with Gasteiger partial charge in [-0.15, -0.1) is 0 Å². The molecule has 0 aromatic heterocycles. The maximum absolute atomic E-state index is 11.4. The van der Waals surface area contributed by atoms with E-state index in [1.807, 2.05) is 0 Å². The van der Waals surface area contributed by atoms with Crippen LogP contribution in [0.5, 0.6) is 0 Å². The minimum absolute atomic E-state index is 0.140. The molecule has 0 unspecified atom stereocenters. The molecule has 5 nitrogen and oxygen atoms in total. The highest BCUT2D eigenvalue weighted by atomic mass is 32.2. The lowest BCUT2D eigenvalue weighted by atomic mass is 10.5. The number of rotatable bonds is 6. The molecular weight excluding hydrogens is 192 g/mol. The van der Waals surface area contributed by atoms with Gasteiger partial charge in [-0.05, 0) is 6.92 Å². The zero-order valence-electron chi connectivity index (χ0n) is 8.20. The van der Waals surface area contributed by atoms with Gasteiger partial charge in [0.15, 0.2) is 0 Å². The molecule has 0 aromatic carbocycles. The summed E-state index contributed by atoms with van der Waals surface area (Å²) in [5, 5.41) is 0. The maximum atomic E-state index is 11.4. The standard InChI is InChI=1S/C7H16N2O3S/c1-4-9(5-2)13(11,12)8-6-7(3)10/h8H,4-6H2,1-3H3. The number of nitrogens with zero attached hydrogens (tertiary/aromatic N) is 1. The Morgan fingerprint density at radius 1 is 1.31 bits per heavy atom. The minimum atomic E-state index is -3.46. The van der Waals surface area contributed by atoms with Crippen molar-refractivity contribution in [2.75, 3.05) is 19.6 Å². The van der Waals surface area contributed by atoms with Crippen molar-refractivity contribution in [1.82, 2.24) is 9.03 Å². The van der Waals surface area contributed by atoms with E-state index in [0.29, 0.717) is 13.1 Å². The van der Waals surface area contributed by atoms with E-state index >= 15 is 0 Å². The Labute approximate surface area is 79.3 Å². The van der Waals surface area contributed by atoms with Gasteiger partial charge in [0.25, 0.3) is 10.2 Å². The molecule has 0 heterocycles. The molecule has 13 heavy (non-hydrogen) atoms. The molecule has 78 valence electrons. The first kappa shape index (κ1) is 12.5. The largest absolute Gasteiger partial charge is 0.299 e. The molecule has 0 fully saturated rings. The van der Waals surface area contributed by atoms with E-state index in [-0.39, 0.29) is 12.3 Å². The van der Waals surface area contributed by atoms with Crippen molar-refractivity contribution in [1.29, 1.82) is 0 Å². The van der Waals surface area contributed by atoms with Crippen LogP contribution in [0.15, 0.2) is 0 Å². The average Bonchev–Trinajstić information content (AvgIpc) is 2.03. The summed E-state index contributed by atoms with van der Waals surface area (Å²) in [6.07, 6.45) is 0. The monoisotopic (exact) mass is 208 g/mol. The molecule has 0 aliphatic carbocycles. The number of nitrogens with one attached hydrogen (secondary N) is 1. The summed E-state index contributed by atoms with van der Waals surface area (Å²) >= 11 is 0. The molecule has 0 aliphatic heterocycles. The average molecular weight is 208 g/mol. The van der Waals surface area contributed by atoms with Crippen molar-refractivity contribution in [3.05, 3.63) is 0 Å². The van der Waals surface area contributed by atoms with E-state index in [4.69, 9.17) is 0 Å². The third-order valence-corrected chi connectivity index (χ3v) is 3.25. The molecule has 0 saturated carbocycles. The number of hydrogen-bond donors (Lipinski definition) is 1. The van der Waals surface area contributed by atoms with Crippen LogP contribution in [0.4, 0.5) is 0 Å². The highest BCUT2D eigenvalue weighted by Crippen LogP contribution is 1.95. The summed E-state index contributed by atoms with van der Waals surface area (Å²) in [5.74, 6) is -0.198. The summed E-state index contributed by atoms with van der Waals surface area (Å²) in [6, 6.07) is 0.